The molecule has 0 saturated carbocycles. The Hall–Kier alpha value is -3.84. The van der Waals surface area contributed by atoms with Crippen LogP contribution in [0.2, 0.25) is 0 Å². The molecule has 0 saturated heterocycles. The van der Waals surface area contributed by atoms with Crippen molar-refractivity contribution in [3.05, 3.63) is 89.6 Å². The highest BCUT2D eigenvalue weighted by Crippen LogP contribution is 2.44. The van der Waals surface area contributed by atoms with E-state index >= 15 is 0 Å². The lowest BCUT2D eigenvalue weighted by atomic mass is 9.88. The van der Waals surface area contributed by atoms with Gasteiger partial charge in [-0.1, -0.05) is 77.4 Å². The molecule has 0 fully saturated rings. The molecular formula is C35H41NO5S. The van der Waals surface area contributed by atoms with Gasteiger partial charge in [-0.3, -0.25) is 0 Å². The number of fused-ring (bicyclic) bond motifs is 1. The average Bonchev–Trinajstić information content (AvgIpc) is 3.38. The van der Waals surface area contributed by atoms with Gasteiger partial charge in [-0.15, -0.1) is 0 Å². The van der Waals surface area contributed by atoms with Crippen molar-refractivity contribution >= 4 is 32.5 Å². The second-order valence-corrected chi connectivity index (χ2v) is 13.0. The SMILES string of the molecule is CCCCOc1c(-c2cccc3c2cc(/C(C)=C/C(=O)OC)n3S(=O)(=O)c2ccccc2)cc(C(C)C)cc1C(C)C. The number of hydrogen-bond donors (Lipinski definition) is 0. The molecule has 7 heteroatoms. The molecule has 222 valence electrons. The number of nitrogens with zero attached hydrogens (tertiary/aromatic N) is 1. The molecule has 42 heavy (non-hydrogen) atoms. The van der Waals surface area contributed by atoms with Crippen LogP contribution in [0.15, 0.2) is 77.7 Å². The normalized spacial score (nSPS) is 12.4. The largest absolute Gasteiger partial charge is 0.493 e. The van der Waals surface area contributed by atoms with E-state index in [0.29, 0.717) is 23.4 Å². The number of unbranched alkanes of at least 4 members (excludes halogenated alkanes) is 1. The summed E-state index contributed by atoms with van der Waals surface area (Å²) < 4.78 is 41.0. The molecule has 0 radical (unpaired) electrons. The molecule has 0 aliphatic heterocycles. The summed E-state index contributed by atoms with van der Waals surface area (Å²) in [4.78, 5) is 12.4. The van der Waals surface area contributed by atoms with E-state index in [1.165, 1.54) is 22.7 Å². The average molecular weight is 588 g/mol. The summed E-state index contributed by atoms with van der Waals surface area (Å²) in [7, 11) is -2.72. The van der Waals surface area contributed by atoms with Crippen LogP contribution >= 0.6 is 0 Å². The number of carbonyl (C=O) groups is 1. The predicted octanol–water partition coefficient (Wildman–Crippen LogP) is 8.55. The summed E-state index contributed by atoms with van der Waals surface area (Å²) >= 11 is 0. The van der Waals surface area contributed by atoms with E-state index in [1.807, 2.05) is 24.3 Å². The molecule has 0 aliphatic rings. The summed E-state index contributed by atoms with van der Waals surface area (Å²) in [5.41, 5.74) is 5.50. The van der Waals surface area contributed by atoms with E-state index in [2.05, 4.69) is 46.8 Å². The van der Waals surface area contributed by atoms with Crippen LogP contribution in [0, 0.1) is 0 Å². The number of methoxy groups -OCH3 is 1. The molecule has 6 nitrogen and oxygen atoms in total. The van der Waals surface area contributed by atoms with Gasteiger partial charge in [0.05, 0.1) is 29.8 Å². The third kappa shape index (κ3) is 6.16. The molecule has 0 spiro atoms. The van der Waals surface area contributed by atoms with Gasteiger partial charge >= 0.3 is 5.97 Å². The van der Waals surface area contributed by atoms with Gasteiger partial charge in [-0.05, 0) is 77.8 Å². The van der Waals surface area contributed by atoms with Gasteiger partial charge in [-0.25, -0.2) is 17.2 Å². The van der Waals surface area contributed by atoms with E-state index in [9.17, 15) is 13.2 Å². The Bertz CT molecular complexity index is 1710. The lowest BCUT2D eigenvalue weighted by molar-refractivity contribution is -0.134. The van der Waals surface area contributed by atoms with Crippen LogP contribution in [0.1, 0.15) is 83.0 Å². The fourth-order valence-corrected chi connectivity index (χ4v) is 6.68. The molecule has 4 rings (SSSR count). The summed E-state index contributed by atoms with van der Waals surface area (Å²) in [5, 5.41) is 0.751. The Labute approximate surface area is 250 Å². The topological polar surface area (TPSA) is 74.6 Å². The van der Waals surface area contributed by atoms with Crippen LogP contribution in [-0.4, -0.2) is 32.1 Å². The van der Waals surface area contributed by atoms with E-state index in [-0.39, 0.29) is 16.7 Å². The monoisotopic (exact) mass is 587 g/mol. The first kappa shape index (κ1) is 31.1. The summed E-state index contributed by atoms with van der Waals surface area (Å²) in [6.45, 7) is 13.1. The first-order valence-corrected chi connectivity index (χ1v) is 16.0. The Morgan fingerprint density at radius 2 is 1.64 bits per heavy atom. The third-order valence-electron chi connectivity index (χ3n) is 7.49. The zero-order chi connectivity index (χ0) is 30.6. The second-order valence-electron chi connectivity index (χ2n) is 11.2. The van der Waals surface area contributed by atoms with Crippen LogP contribution in [-0.2, 0) is 19.6 Å². The van der Waals surface area contributed by atoms with E-state index < -0.39 is 16.0 Å². The zero-order valence-electron chi connectivity index (χ0n) is 25.6. The fourth-order valence-electron chi connectivity index (χ4n) is 5.10. The van der Waals surface area contributed by atoms with Crippen LogP contribution in [0.3, 0.4) is 0 Å². The molecule has 0 unspecified atom stereocenters. The maximum atomic E-state index is 14.2. The third-order valence-corrected chi connectivity index (χ3v) is 9.23. The fraction of sp³-hybridized carbons (Fsp3) is 0.343. The Morgan fingerprint density at radius 3 is 2.26 bits per heavy atom. The number of hydrogen-bond acceptors (Lipinski definition) is 5. The van der Waals surface area contributed by atoms with Crippen LogP contribution in [0.4, 0.5) is 0 Å². The smallest absolute Gasteiger partial charge is 0.330 e. The minimum atomic E-state index is -4.02. The molecule has 0 N–H and O–H groups in total. The predicted molar refractivity (Wildman–Crippen MR) is 171 cm³/mol. The standard InChI is InChI=1S/C35H41NO5S/c1-8-9-18-41-35-29(24(4)5)20-26(23(2)3)21-31(35)28-16-13-17-32-30(28)22-33(25(6)19-34(37)40-7)36(32)42(38,39)27-14-11-10-12-15-27/h10-17,19-24H,8-9,18H2,1-7H3/b25-19+. The van der Waals surface area contributed by atoms with Crippen molar-refractivity contribution in [2.75, 3.05) is 13.7 Å². The first-order valence-electron chi connectivity index (χ1n) is 14.5. The van der Waals surface area contributed by atoms with E-state index in [0.717, 1.165) is 40.7 Å². The molecule has 4 aromatic rings. The minimum Gasteiger partial charge on any atom is -0.493 e. The van der Waals surface area contributed by atoms with Gasteiger partial charge in [0.1, 0.15) is 5.75 Å². The van der Waals surface area contributed by atoms with E-state index in [1.54, 1.807) is 37.3 Å². The second kappa shape index (κ2) is 13.0. The number of benzene rings is 3. The van der Waals surface area contributed by atoms with Crippen molar-refractivity contribution in [2.24, 2.45) is 0 Å². The number of carbonyl (C=O) groups excluding carboxylic acids is 1. The number of aromatic nitrogens is 1. The van der Waals surface area contributed by atoms with Crippen molar-refractivity contribution in [3.8, 4) is 16.9 Å². The van der Waals surface area contributed by atoms with Crippen molar-refractivity contribution in [3.63, 3.8) is 0 Å². The molecule has 0 aliphatic carbocycles. The summed E-state index contributed by atoms with van der Waals surface area (Å²) in [5.74, 6) is 0.785. The minimum absolute atomic E-state index is 0.160. The molecule has 1 heterocycles. The number of allylic oxidation sites excluding steroid dienone is 1. The Kier molecular flexibility index (Phi) is 9.62. The highest BCUT2D eigenvalue weighted by Gasteiger charge is 2.27. The summed E-state index contributed by atoms with van der Waals surface area (Å²) in [6, 6.07) is 20.3. The molecule has 0 atom stereocenters. The van der Waals surface area contributed by atoms with Crippen molar-refractivity contribution in [2.45, 2.75) is 71.1 Å². The number of esters is 1. The quantitative estimate of drug-likeness (QED) is 0.0998. The maximum absolute atomic E-state index is 14.2. The van der Waals surface area contributed by atoms with Gasteiger partial charge in [-0.2, -0.15) is 0 Å². The maximum Gasteiger partial charge on any atom is 0.330 e. The number of rotatable bonds is 11. The van der Waals surface area contributed by atoms with Crippen molar-refractivity contribution in [1.29, 1.82) is 0 Å². The lowest BCUT2D eigenvalue weighted by Crippen LogP contribution is -2.15. The van der Waals surface area contributed by atoms with Crippen molar-refractivity contribution in [1.82, 2.24) is 3.97 Å². The van der Waals surface area contributed by atoms with Crippen LogP contribution in [0.5, 0.6) is 5.75 Å². The molecule has 0 bridgehead atoms. The van der Waals surface area contributed by atoms with Gasteiger partial charge < -0.3 is 9.47 Å². The van der Waals surface area contributed by atoms with Gasteiger partial charge in [0.15, 0.2) is 0 Å². The van der Waals surface area contributed by atoms with Crippen LogP contribution in [0.25, 0.3) is 27.6 Å². The highest BCUT2D eigenvalue weighted by molar-refractivity contribution is 7.90. The first-order chi connectivity index (χ1) is 20.0. The van der Waals surface area contributed by atoms with Crippen LogP contribution < -0.4 is 4.74 Å². The molecule has 3 aromatic carbocycles. The molecule has 0 amide bonds. The van der Waals surface area contributed by atoms with Gasteiger partial charge in [0.25, 0.3) is 10.0 Å². The highest BCUT2D eigenvalue weighted by atomic mass is 32.2. The van der Waals surface area contributed by atoms with Crippen molar-refractivity contribution < 1.29 is 22.7 Å². The molecular weight excluding hydrogens is 546 g/mol. The van der Waals surface area contributed by atoms with Gasteiger partial charge in [0, 0.05) is 17.0 Å². The Balaban J connectivity index is 2.11. The lowest BCUT2D eigenvalue weighted by Gasteiger charge is -2.22. The zero-order valence-corrected chi connectivity index (χ0v) is 26.4. The van der Waals surface area contributed by atoms with Gasteiger partial charge in [0.2, 0.25) is 0 Å². The summed E-state index contributed by atoms with van der Waals surface area (Å²) in [6.07, 6.45) is 3.27. The number of ether oxygens (including phenoxy) is 2. The van der Waals surface area contributed by atoms with E-state index in [4.69, 9.17) is 9.47 Å². The molecule has 1 aromatic heterocycles. The Morgan fingerprint density at radius 1 is 0.929 bits per heavy atom.